The zero-order valence-electron chi connectivity index (χ0n) is 9.62. The molecule has 0 aromatic heterocycles. The first kappa shape index (κ1) is 12.4. The Labute approximate surface area is 106 Å². The summed E-state index contributed by atoms with van der Waals surface area (Å²) in [6, 6.07) is 9.69. The number of carbonyl (C=O) groups excluding carboxylic acids is 1. The van der Waals surface area contributed by atoms with Crippen molar-refractivity contribution in [2.24, 2.45) is 0 Å². The summed E-state index contributed by atoms with van der Waals surface area (Å²) in [6.45, 7) is 0.361. The second kappa shape index (κ2) is 5.52. The van der Waals surface area contributed by atoms with Gasteiger partial charge in [0.25, 0.3) is 5.91 Å². The zero-order chi connectivity index (χ0) is 12.1. The van der Waals surface area contributed by atoms with E-state index in [1.54, 1.807) is 0 Å². The summed E-state index contributed by atoms with van der Waals surface area (Å²) in [6.07, 6.45) is 3.48. The van der Waals surface area contributed by atoms with E-state index in [4.69, 9.17) is 16.4 Å². The lowest BCUT2D eigenvalue weighted by atomic mass is 10.1. The van der Waals surface area contributed by atoms with Crippen molar-refractivity contribution in [3.8, 4) is 0 Å². The highest BCUT2D eigenvalue weighted by molar-refractivity contribution is 6.34. The van der Waals surface area contributed by atoms with Crippen LogP contribution < -0.4 is 5.48 Å². The third-order valence-corrected chi connectivity index (χ3v) is 3.60. The van der Waals surface area contributed by atoms with Gasteiger partial charge < -0.3 is 0 Å². The van der Waals surface area contributed by atoms with Crippen molar-refractivity contribution in [3.05, 3.63) is 35.9 Å². The number of amides is 1. The van der Waals surface area contributed by atoms with E-state index >= 15 is 0 Å². The molecular weight excluding hydrogens is 238 g/mol. The van der Waals surface area contributed by atoms with Crippen molar-refractivity contribution < 1.29 is 9.63 Å². The third-order valence-electron chi connectivity index (χ3n) is 3.05. The van der Waals surface area contributed by atoms with Crippen LogP contribution in [-0.4, -0.2) is 10.8 Å². The maximum absolute atomic E-state index is 11.8. The quantitative estimate of drug-likeness (QED) is 0.662. The van der Waals surface area contributed by atoms with Crippen LogP contribution in [0.1, 0.15) is 31.2 Å². The Bertz CT molecular complexity index is 374. The predicted molar refractivity (Wildman–Crippen MR) is 66.4 cm³/mol. The molecule has 1 fully saturated rings. The summed E-state index contributed by atoms with van der Waals surface area (Å²) < 4.78 is 0. The molecule has 1 amide bonds. The van der Waals surface area contributed by atoms with Crippen molar-refractivity contribution in [2.45, 2.75) is 37.2 Å². The van der Waals surface area contributed by atoms with E-state index < -0.39 is 4.87 Å². The highest BCUT2D eigenvalue weighted by atomic mass is 35.5. The zero-order valence-corrected chi connectivity index (χ0v) is 10.4. The van der Waals surface area contributed by atoms with Crippen LogP contribution in [-0.2, 0) is 16.2 Å². The van der Waals surface area contributed by atoms with Crippen LogP contribution in [0.25, 0.3) is 0 Å². The van der Waals surface area contributed by atoms with Gasteiger partial charge in [0.1, 0.15) is 4.87 Å². The van der Waals surface area contributed by atoms with Gasteiger partial charge in [-0.05, 0) is 18.4 Å². The fourth-order valence-electron chi connectivity index (χ4n) is 2.01. The van der Waals surface area contributed by atoms with Crippen molar-refractivity contribution in [3.63, 3.8) is 0 Å². The van der Waals surface area contributed by atoms with Gasteiger partial charge in [0.2, 0.25) is 0 Å². The molecule has 0 unspecified atom stereocenters. The SMILES string of the molecule is O=C(NOCc1ccccc1)C1(Cl)CCCC1. The summed E-state index contributed by atoms with van der Waals surface area (Å²) >= 11 is 6.21. The molecule has 1 saturated carbocycles. The molecule has 1 aromatic rings. The second-order valence-corrected chi connectivity index (χ2v) is 5.10. The van der Waals surface area contributed by atoms with E-state index in [9.17, 15) is 4.79 Å². The molecule has 92 valence electrons. The van der Waals surface area contributed by atoms with Gasteiger partial charge in [-0.15, -0.1) is 11.6 Å². The number of hydrogen-bond acceptors (Lipinski definition) is 2. The molecule has 1 aromatic carbocycles. The molecule has 0 spiro atoms. The average molecular weight is 254 g/mol. The molecule has 1 aliphatic rings. The maximum Gasteiger partial charge on any atom is 0.264 e. The molecule has 2 rings (SSSR count). The number of benzene rings is 1. The van der Waals surface area contributed by atoms with Crippen molar-refractivity contribution >= 4 is 17.5 Å². The Morgan fingerprint density at radius 3 is 2.59 bits per heavy atom. The largest absolute Gasteiger partial charge is 0.271 e. The molecule has 0 heterocycles. The van der Waals surface area contributed by atoms with Gasteiger partial charge in [0.05, 0.1) is 6.61 Å². The summed E-state index contributed by atoms with van der Waals surface area (Å²) in [5, 5.41) is 0. The fraction of sp³-hybridized carbons (Fsp3) is 0.462. The molecular formula is C13H16ClNO2. The number of carbonyl (C=O) groups is 1. The van der Waals surface area contributed by atoms with Gasteiger partial charge in [0.15, 0.2) is 0 Å². The summed E-state index contributed by atoms with van der Waals surface area (Å²) in [7, 11) is 0. The van der Waals surface area contributed by atoms with Gasteiger partial charge in [-0.25, -0.2) is 5.48 Å². The summed E-state index contributed by atoms with van der Waals surface area (Å²) in [5.74, 6) is -0.215. The molecule has 3 nitrogen and oxygen atoms in total. The van der Waals surface area contributed by atoms with Gasteiger partial charge >= 0.3 is 0 Å². The first-order chi connectivity index (χ1) is 8.21. The van der Waals surface area contributed by atoms with Gasteiger partial charge in [0, 0.05) is 0 Å². The van der Waals surface area contributed by atoms with Crippen LogP contribution in [0.5, 0.6) is 0 Å². The van der Waals surface area contributed by atoms with E-state index in [1.807, 2.05) is 30.3 Å². The van der Waals surface area contributed by atoms with Crippen LogP contribution >= 0.6 is 11.6 Å². The summed E-state index contributed by atoms with van der Waals surface area (Å²) in [4.78, 5) is 16.2. The lowest BCUT2D eigenvalue weighted by Crippen LogP contribution is -2.40. The Morgan fingerprint density at radius 2 is 1.94 bits per heavy atom. The van der Waals surface area contributed by atoms with Crippen LogP contribution in [0, 0.1) is 0 Å². The Morgan fingerprint density at radius 1 is 1.29 bits per heavy atom. The van der Waals surface area contributed by atoms with Crippen molar-refractivity contribution in [1.82, 2.24) is 5.48 Å². The monoisotopic (exact) mass is 253 g/mol. The van der Waals surface area contributed by atoms with E-state index in [-0.39, 0.29) is 5.91 Å². The van der Waals surface area contributed by atoms with Gasteiger partial charge in [-0.2, -0.15) is 0 Å². The van der Waals surface area contributed by atoms with E-state index in [0.29, 0.717) is 6.61 Å². The minimum atomic E-state index is -0.753. The first-order valence-electron chi connectivity index (χ1n) is 5.86. The molecule has 4 heteroatoms. The van der Waals surface area contributed by atoms with E-state index in [1.165, 1.54) is 0 Å². The maximum atomic E-state index is 11.8. The lowest BCUT2D eigenvalue weighted by molar-refractivity contribution is -0.137. The second-order valence-electron chi connectivity index (χ2n) is 4.38. The number of rotatable bonds is 4. The molecule has 0 bridgehead atoms. The highest BCUT2D eigenvalue weighted by Gasteiger charge is 2.39. The van der Waals surface area contributed by atoms with E-state index in [2.05, 4.69) is 5.48 Å². The molecule has 0 atom stereocenters. The number of halogens is 1. The lowest BCUT2D eigenvalue weighted by Gasteiger charge is -2.19. The summed E-state index contributed by atoms with van der Waals surface area (Å²) in [5.41, 5.74) is 3.46. The number of nitrogens with one attached hydrogen (secondary N) is 1. The molecule has 17 heavy (non-hydrogen) atoms. The Kier molecular flexibility index (Phi) is 4.02. The number of hydrogen-bond donors (Lipinski definition) is 1. The van der Waals surface area contributed by atoms with Crippen LogP contribution in [0.3, 0.4) is 0 Å². The van der Waals surface area contributed by atoms with Gasteiger partial charge in [-0.3, -0.25) is 9.63 Å². The fourth-order valence-corrected chi connectivity index (χ4v) is 2.32. The standard InChI is InChI=1S/C13H16ClNO2/c14-13(8-4-5-9-13)12(16)15-17-10-11-6-2-1-3-7-11/h1-3,6-7H,4-5,8-10H2,(H,15,16). The van der Waals surface area contributed by atoms with Crippen LogP contribution in [0.2, 0.25) is 0 Å². The molecule has 0 saturated heterocycles. The van der Waals surface area contributed by atoms with Crippen LogP contribution in [0.4, 0.5) is 0 Å². The number of hydroxylamine groups is 1. The third kappa shape index (κ3) is 3.20. The van der Waals surface area contributed by atoms with E-state index in [0.717, 1.165) is 31.2 Å². The highest BCUT2D eigenvalue weighted by Crippen LogP contribution is 2.35. The molecule has 1 N–H and O–H groups in total. The Hall–Kier alpha value is -1.06. The minimum Gasteiger partial charge on any atom is -0.271 e. The smallest absolute Gasteiger partial charge is 0.264 e. The van der Waals surface area contributed by atoms with Gasteiger partial charge in [-0.1, -0.05) is 43.2 Å². The minimum absolute atomic E-state index is 0.215. The van der Waals surface area contributed by atoms with Crippen LogP contribution in [0.15, 0.2) is 30.3 Å². The molecule has 1 aliphatic carbocycles. The Balaban J connectivity index is 1.77. The van der Waals surface area contributed by atoms with Crippen molar-refractivity contribution in [2.75, 3.05) is 0 Å². The normalized spacial score (nSPS) is 17.9. The van der Waals surface area contributed by atoms with Crippen molar-refractivity contribution in [1.29, 1.82) is 0 Å². The topological polar surface area (TPSA) is 38.3 Å². The number of alkyl halides is 1. The molecule has 0 aliphatic heterocycles. The first-order valence-corrected chi connectivity index (χ1v) is 6.24. The predicted octanol–water partition coefficient (Wildman–Crippen LogP) is 2.79. The average Bonchev–Trinajstić information content (AvgIpc) is 2.79. The molecule has 0 radical (unpaired) electrons.